The van der Waals surface area contributed by atoms with E-state index in [2.05, 4.69) is 24.1 Å². The van der Waals surface area contributed by atoms with Crippen molar-refractivity contribution in [3.8, 4) is 5.75 Å². The number of para-hydroxylation sites is 1. The maximum Gasteiger partial charge on any atom is 0.426 e. The lowest BCUT2D eigenvalue weighted by Crippen LogP contribution is -2.07. The van der Waals surface area contributed by atoms with Gasteiger partial charge in [0.2, 0.25) is 11.1 Å². The van der Waals surface area contributed by atoms with Gasteiger partial charge in [0, 0.05) is 23.5 Å². The van der Waals surface area contributed by atoms with E-state index in [4.69, 9.17) is 10.1 Å². The van der Waals surface area contributed by atoms with Gasteiger partial charge in [-0.15, -0.1) is 0 Å². The zero-order chi connectivity index (χ0) is 15.1. The summed E-state index contributed by atoms with van der Waals surface area (Å²) in [6, 6.07) is 15.3. The van der Waals surface area contributed by atoms with Crippen LogP contribution in [0, 0.1) is 11.3 Å². The van der Waals surface area contributed by atoms with E-state index in [1.165, 1.54) is 0 Å². The van der Waals surface area contributed by atoms with Crippen LogP contribution >= 0.6 is 0 Å². The number of anilines is 2. The molecule has 0 aliphatic rings. The minimum absolute atomic E-state index is 0.442. The quantitative estimate of drug-likeness (QED) is 0.727. The van der Waals surface area contributed by atoms with E-state index in [0.717, 1.165) is 17.8 Å². The van der Waals surface area contributed by atoms with Gasteiger partial charge >= 0.3 is 5.69 Å². The lowest BCUT2D eigenvalue weighted by molar-refractivity contribution is 0.258. The van der Waals surface area contributed by atoms with Crippen molar-refractivity contribution < 1.29 is 4.74 Å². The van der Waals surface area contributed by atoms with Gasteiger partial charge in [-0.2, -0.15) is 0 Å². The average Bonchev–Trinajstić information content (AvgIpc) is 2.53. The molecule has 2 rings (SSSR count). The fourth-order valence-electron chi connectivity index (χ4n) is 1.83. The summed E-state index contributed by atoms with van der Waals surface area (Å²) in [5.74, 6) is 1.04. The summed E-state index contributed by atoms with van der Waals surface area (Å²) in [6.07, 6.45) is 1.05. The Morgan fingerprint density at radius 2 is 1.90 bits per heavy atom. The van der Waals surface area contributed by atoms with Crippen molar-refractivity contribution in [3.05, 3.63) is 53.5 Å². The Kier molecular flexibility index (Phi) is 5.16. The molecule has 0 saturated heterocycles. The van der Waals surface area contributed by atoms with Gasteiger partial charge in [-0.1, -0.05) is 38.5 Å². The van der Waals surface area contributed by atoms with Gasteiger partial charge in [-0.05, 0) is 24.1 Å². The molecule has 4 heteroatoms. The average molecular weight is 282 g/mol. The number of rotatable bonds is 6. The number of hydrogen-bond donors (Lipinski definition) is 1. The molecule has 0 aliphatic heterocycles. The first-order valence-corrected chi connectivity index (χ1v) is 7.17. The maximum absolute atomic E-state index is 9.05. The molecule has 0 heterocycles. The number of hydrogen-bond acceptors (Lipinski definition) is 3. The molecule has 108 valence electrons. The van der Waals surface area contributed by atoms with Gasteiger partial charge in [-0.3, -0.25) is 0 Å². The molecule has 0 amide bonds. The summed E-state index contributed by atoms with van der Waals surface area (Å²) >= 11 is 0. The molecule has 0 saturated carbocycles. The minimum Gasteiger partial charge on any atom is -0.486 e. The predicted molar refractivity (Wildman–Crippen MR) is 85.9 cm³/mol. The Morgan fingerprint density at radius 1 is 1.14 bits per heavy atom. The lowest BCUT2D eigenvalue weighted by atomic mass is 10.1. The van der Waals surface area contributed by atoms with Gasteiger partial charge in [-0.25, -0.2) is 0 Å². The summed E-state index contributed by atoms with van der Waals surface area (Å²) in [4.78, 5) is 3.27. The maximum atomic E-state index is 9.05. The van der Waals surface area contributed by atoms with Crippen LogP contribution in [0.25, 0.3) is 4.98 Å². The summed E-state index contributed by atoms with van der Waals surface area (Å²) in [5.41, 5.74) is 2.34. The summed E-state index contributed by atoms with van der Waals surface area (Å²) in [5, 5.41) is 12.3. The number of benzene rings is 2. The Morgan fingerprint density at radius 3 is 2.57 bits per heavy atom. The molecule has 0 bridgehead atoms. The molecule has 0 fully saturated rings. The van der Waals surface area contributed by atoms with Crippen LogP contribution in [0.5, 0.6) is 5.75 Å². The Labute approximate surface area is 125 Å². The first-order chi connectivity index (χ1) is 10.2. The van der Waals surface area contributed by atoms with Crippen molar-refractivity contribution in [2.45, 2.75) is 20.3 Å². The van der Waals surface area contributed by atoms with Crippen molar-refractivity contribution in [1.82, 2.24) is 0 Å². The Bertz CT molecular complexity index is 620. The first kappa shape index (κ1) is 14.9. The largest absolute Gasteiger partial charge is 0.486 e. The van der Waals surface area contributed by atoms with E-state index in [-0.39, 0.29) is 0 Å². The SMILES string of the molecule is CCC(C)COc1cc(Nc2ccccc2)ccc1[N+]#N. The smallest absolute Gasteiger partial charge is 0.426 e. The summed E-state index contributed by atoms with van der Waals surface area (Å²) < 4.78 is 5.77. The third kappa shape index (κ3) is 4.22. The zero-order valence-corrected chi connectivity index (χ0v) is 12.4. The van der Waals surface area contributed by atoms with Crippen LogP contribution in [-0.2, 0) is 0 Å². The van der Waals surface area contributed by atoms with Crippen LogP contribution < -0.4 is 10.1 Å². The number of nitrogens with one attached hydrogen (secondary N) is 1. The Balaban J connectivity index is 2.15. The molecule has 0 aliphatic carbocycles. The van der Waals surface area contributed by atoms with Crippen molar-refractivity contribution in [3.63, 3.8) is 0 Å². The van der Waals surface area contributed by atoms with Gasteiger partial charge in [0.1, 0.15) is 0 Å². The summed E-state index contributed by atoms with van der Waals surface area (Å²) in [6.45, 7) is 4.86. The first-order valence-electron chi connectivity index (χ1n) is 7.17. The standard InChI is InChI=1S/C17H20N3O/c1-3-13(2)12-21-17-11-15(9-10-16(17)20-18)19-14-7-5-4-6-8-14/h4-11,13,19H,3,12H2,1-2H3/q+1. The van der Waals surface area contributed by atoms with Gasteiger partial charge in [0.25, 0.3) is 0 Å². The number of diazo groups is 1. The highest BCUT2D eigenvalue weighted by molar-refractivity contribution is 5.68. The van der Waals surface area contributed by atoms with Crippen molar-refractivity contribution >= 4 is 17.1 Å². The fourth-order valence-corrected chi connectivity index (χ4v) is 1.83. The van der Waals surface area contributed by atoms with Crippen LogP contribution in [0.15, 0.2) is 48.5 Å². The van der Waals surface area contributed by atoms with E-state index in [9.17, 15) is 0 Å². The third-order valence-corrected chi connectivity index (χ3v) is 3.35. The van der Waals surface area contributed by atoms with E-state index in [1.807, 2.05) is 42.5 Å². The molecule has 21 heavy (non-hydrogen) atoms. The van der Waals surface area contributed by atoms with Crippen LogP contribution in [0.2, 0.25) is 0 Å². The summed E-state index contributed by atoms with van der Waals surface area (Å²) in [7, 11) is 0. The van der Waals surface area contributed by atoms with E-state index in [0.29, 0.717) is 24.0 Å². The molecule has 2 aromatic carbocycles. The third-order valence-electron chi connectivity index (χ3n) is 3.35. The van der Waals surface area contributed by atoms with E-state index >= 15 is 0 Å². The fraction of sp³-hybridized carbons (Fsp3) is 0.294. The highest BCUT2D eigenvalue weighted by Crippen LogP contribution is 2.32. The normalized spacial score (nSPS) is 11.5. The minimum atomic E-state index is 0.442. The molecule has 2 aromatic rings. The highest BCUT2D eigenvalue weighted by Gasteiger charge is 2.16. The van der Waals surface area contributed by atoms with Gasteiger partial charge in [0.15, 0.2) is 4.98 Å². The lowest BCUT2D eigenvalue weighted by Gasteiger charge is -2.11. The van der Waals surface area contributed by atoms with Gasteiger partial charge in [0.05, 0.1) is 6.61 Å². The molecule has 0 radical (unpaired) electrons. The van der Waals surface area contributed by atoms with Crippen LogP contribution in [0.1, 0.15) is 20.3 Å². The highest BCUT2D eigenvalue weighted by atomic mass is 16.5. The van der Waals surface area contributed by atoms with E-state index in [1.54, 1.807) is 6.07 Å². The van der Waals surface area contributed by atoms with Crippen molar-refractivity contribution in [2.75, 3.05) is 11.9 Å². The number of nitrogens with zero attached hydrogens (tertiary/aromatic N) is 2. The molecule has 1 atom stereocenters. The second-order valence-electron chi connectivity index (χ2n) is 5.10. The van der Waals surface area contributed by atoms with Crippen LogP contribution in [0.3, 0.4) is 0 Å². The van der Waals surface area contributed by atoms with Crippen molar-refractivity contribution in [1.29, 1.82) is 5.39 Å². The molecule has 0 spiro atoms. The molecule has 0 aromatic heterocycles. The van der Waals surface area contributed by atoms with Crippen molar-refractivity contribution in [2.24, 2.45) is 5.92 Å². The topological polar surface area (TPSA) is 49.4 Å². The monoisotopic (exact) mass is 282 g/mol. The Hall–Kier alpha value is -2.54. The second kappa shape index (κ2) is 7.30. The molecule has 4 nitrogen and oxygen atoms in total. The van der Waals surface area contributed by atoms with E-state index < -0.39 is 0 Å². The molecule has 1 N–H and O–H groups in total. The van der Waals surface area contributed by atoms with Gasteiger partial charge < -0.3 is 10.1 Å². The number of ether oxygens (including phenoxy) is 1. The van der Waals surface area contributed by atoms with Crippen LogP contribution in [-0.4, -0.2) is 6.61 Å². The molecule has 1 unspecified atom stereocenters. The predicted octanol–water partition coefficient (Wildman–Crippen LogP) is 5.34. The molecular weight excluding hydrogens is 262 g/mol. The molecular formula is C17H20N3O+. The zero-order valence-electron chi connectivity index (χ0n) is 12.4. The second-order valence-corrected chi connectivity index (χ2v) is 5.10. The van der Waals surface area contributed by atoms with Crippen LogP contribution in [0.4, 0.5) is 17.1 Å².